The monoisotopic (exact) mass is 541 g/mol. The minimum Gasteiger partial charge on any atom is -0.857 e. The molecule has 6 rings (SSSR count). The van der Waals surface area contributed by atoms with Crippen molar-refractivity contribution >= 4 is 44.7 Å². The number of piperidine rings is 1. The maximum absolute atomic E-state index is 13.3. The smallest absolute Gasteiger partial charge is 0.324 e. The Bertz CT molecular complexity index is 1670. The van der Waals surface area contributed by atoms with Gasteiger partial charge in [0.1, 0.15) is 10.6 Å². The third-order valence-corrected chi connectivity index (χ3v) is 7.85. The van der Waals surface area contributed by atoms with Crippen LogP contribution in [0.4, 0.5) is 17.3 Å². The molecule has 0 radical (unpaired) electrons. The lowest BCUT2D eigenvalue weighted by molar-refractivity contribution is -0.759. The first-order valence-electron chi connectivity index (χ1n) is 12.6. The Morgan fingerprint density at radius 1 is 1.08 bits per heavy atom. The van der Waals surface area contributed by atoms with E-state index < -0.39 is 5.90 Å². The number of rotatable bonds is 6. The Labute approximate surface area is 228 Å². The summed E-state index contributed by atoms with van der Waals surface area (Å²) in [6, 6.07) is 17.1. The maximum Gasteiger partial charge on any atom is 0.324 e. The van der Waals surface area contributed by atoms with Crippen molar-refractivity contribution in [3.05, 3.63) is 65.7 Å². The highest BCUT2D eigenvalue weighted by atomic mass is 32.1. The van der Waals surface area contributed by atoms with Crippen LogP contribution in [-0.4, -0.2) is 36.4 Å². The van der Waals surface area contributed by atoms with Gasteiger partial charge in [0.15, 0.2) is 0 Å². The van der Waals surface area contributed by atoms with Gasteiger partial charge in [0, 0.05) is 22.5 Å². The van der Waals surface area contributed by atoms with Crippen LogP contribution < -0.4 is 31.1 Å². The van der Waals surface area contributed by atoms with Gasteiger partial charge in [-0.2, -0.15) is 5.01 Å². The highest BCUT2D eigenvalue weighted by Gasteiger charge is 2.23. The van der Waals surface area contributed by atoms with E-state index in [1.165, 1.54) is 17.8 Å². The molecule has 0 atom stereocenters. The molecule has 1 fully saturated rings. The second-order valence-electron chi connectivity index (χ2n) is 9.33. The van der Waals surface area contributed by atoms with Gasteiger partial charge >= 0.3 is 5.88 Å². The molecular formula is C28H27N7O3S. The molecule has 0 amide bonds. The topological polar surface area (TPSA) is 143 Å². The zero-order valence-corrected chi connectivity index (χ0v) is 22.1. The Hall–Kier alpha value is -4.64. The van der Waals surface area contributed by atoms with Crippen molar-refractivity contribution in [3.63, 3.8) is 0 Å². The molecule has 1 aliphatic rings. The van der Waals surface area contributed by atoms with Crippen molar-refractivity contribution in [2.75, 3.05) is 36.7 Å². The summed E-state index contributed by atoms with van der Waals surface area (Å²) >= 11 is 1.20. The van der Waals surface area contributed by atoms with Gasteiger partial charge in [0.05, 0.1) is 41.2 Å². The van der Waals surface area contributed by atoms with Crippen molar-refractivity contribution in [1.82, 2.24) is 10.3 Å². The Morgan fingerprint density at radius 3 is 2.64 bits per heavy atom. The Balaban J connectivity index is 1.45. The number of nitrogen functional groups attached to an aromatic ring is 2. The van der Waals surface area contributed by atoms with Crippen LogP contribution in [0.5, 0.6) is 5.75 Å². The van der Waals surface area contributed by atoms with Crippen molar-refractivity contribution in [2.24, 2.45) is 4.99 Å². The summed E-state index contributed by atoms with van der Waals surface area (Å²) < 4.78 is 10.8. The number of aromatic nitrogens is 3. The fraction of sp³-hybridized carbons (Fsp3) is 0.214. The van der Waals surface area contributed by atoms with Gasteiger partial charge in [-0.05, 0) is 60.7 Å². The number of pyridine rings is 1. The summed E-state index contributed by atoms with van der Waals surface area (Å²) in [6.45, 7) is 1.76. The average Bonchev–Trinajstić information content (AvgIpc) is 3.58. The quantitative estimate of drug-likeness (QED) is 0.144. The molecule has 0 saturated carbocycles. The number of aliphatic imine (C=N–C) groups is 1. The van der Waals surface area contributed by atoms with Gasteiger partial charge in [0.2, 0.25) is 5.27 Å². The molecule has 1 saturated heterocycles. The van der Waals surface area contributed by atoms with Gasteiger partial charge in [-0.15, -0.1) is 11.3 Å². The number of methoxy groups -OCH3 is 1. The SMILES string of the molecule is COc1cccc(-c2cc(-c3ccc(N)cc3)nc3sc(/C([O-])=N/c4c[n+](N5CCCCC5)no4)c(N)c23)c1. The van der Waals surface area contributed by atoms with Crippen LogP contribution >= 0.6 is 11.3 Å². The van der Waals surface area contributed by atoms with E-state index in [4.69, 9.17) is 25.7 Å². The standard InChI is InChI=1S/C28H27N7O3S/c1-37-20-7-5-6-18(14-20)21-15-22(17-8-10-19(29)11-9-17)31-28-24(21)25(30)26(39-28)27(36)32-23-16-35(33-38-23)34-12-3-2-4-13-34/h5-11,14-16H,2-4,12-13H2,1H3,(H4-,29,30,31,32,33,36). The first kappa shape index (κ1) is 24.7. The largest absolute Gasteiger partial charge is 0.857 e. The summed E-state index contributed by atoms with van der Waals surface area (Å²) in [4.78, 5) is 11.6. The number of benzene rings is 2. The van der Waals surface area contributed by atoms with Crippen LogP contribution in [0.2, 0.25) is 0 Å². The van der Waals surface area contributed by atoms with Crippen LogP contribution in [0.15, 0.2) is 70.3 Å². The molecular weight excluding hydrogens is 514 g/mol. The highest BCUT2D eigenvalue weighted by Crippen LogP contribution is 2.42. The van der Waals surface area contributed by atoms with Crippen molar-refractivity contribution in [1.29, 1.82) is 0 Å². The van der Waals surface area contributed by atoms with E-state index >= 15 is 0 Å². The predicted octanol–water partition coefficient (Wildman–Crippen LogP) is 3.64. The molecule has 0 aliphatic carbocycles. The van der Waals surface area contributed by atoms with Gasteiger partial charge in [-0.25, -0.2) is 9.98 Å². The molecule has 11 heteroatoms. The predicted molar refractivity (Wildman–Crippen MR) is 151 cm³/mol. The molecule has 39 heavy (non-hydrogen) atoms. The van der Waals surface area contributed by atoms with Crippen molar-refractivity contribution in [3.8, 4) is 28.1 Å². The van der Waals surface area contributed by atoms with Crippen LogP contribution in [0.1, 0.15) is 24.1 Å². The summed E-state index contributed by atoms with van der Waals surface area (Å²) in [7, 11) is 1.62. The zero-order valence-electron chi connectivity index (χ0n) is 21.3. The van der Waals surface area contributed by atoms with Gasteiger partial charge in [-0.1, -0.05) is 24.3 Å². The molecule has 5 aromatic rings. The molecule has 3 aromatic heterocycles. The summed E-state index contributed by atoms with van der Waals surface area (Å²) in [5.74, 6) is 0.313. The van der Waals surface area contributed by atoms with E-state index in [9.17, 15) is 5.11 Å². The van der Waals surface area contributed by atoms with Crippen LogP contribution in [0.3, 0.4) is 0 Å². The first-order chi connectivity index (χ1) is 19.0. The van der Waals surface area contributed by atoms with E-state index in [0.29, 0.717) is 27.3 Å². The number of ether oxygens (including phenoxy) is 1. The molecule has 1 aliphatic heterocycles. The summed E-state index contributed by atoms with van der Waals surface area (Å²) in [5, 5.41) is 20.1. The molecule has 0 bridgehead atoms. The lowest BCUT2D eigenvalue weighted by atomic mass is 9.99. The lowest BCUT2D eigenvalue weighted by Crippen LogP contribution is -2.60. The van der Waals surface area contributed by atoms with Gasteiger partial charge < -0.3 is 21.3 Å². The normalized spacial score (nSPS) is 14.2. The third-order valence-electron chi connectivity index (χ3n) is 6.76. The van der Waals surface area contributed by atoms with E-state index in [1.807, 2.05) is 54.6 Å². The van der Waals surface area contributed by atoms with Crippen LogP contribution in [-0.2, 0) is 0 Å². The van der Waals surface area contributed by atoms with E-state index in [2.05, 4.69) is 15.3 Å². The first-order valence-corrected chi connectivity index (χ1v) is 13.4. The number of nitrogens with two attached hydrogens (primary N) is 2. The minimum atomic E-state index is -0.511. The maximum atomic E-state index is 13.3. The average molecular weight is 542 g/mol. The molecule has 2 aromatic carbocycles. The fourth-order valence-corrected chi connectivity index (χ4v) is 5.75. The van der Waals surface area contributed by atoms with E-state index in [-0.39, 0.29) is 10.8 Å². The zero-order chi connectivity index (χ0) is 26.9. The molecule has 198 valence electrons. The summed E-state index contributed by atoms with van der Waals surface area (Å²) in [5.41, 5.74) is 16.8. The number of nitrogens with zero attached hydrogens (tertiary/aromatic N) is 5. The van der Waals surface area contributed by atoms with Gasteiger partial charge in [0.25, 0.3) is 6.20 Å². The number of anilines is 2. The highest BCUT2D eigenvalue weighted by molar-refractivity contribution is 7.21. The third kappa shape index (κ3) is 4.84. The number of hydrogen-bond acceptors (Lipinski definition) is 10. The molecule has 10 nitrogen and oxygen atoms in total. The molecule has 4 heterocycles. The Morgan fingerprint density at radius 2 is 1.87 bits per heavy atom. The van der Waals surface area contributed by atoms with Crippen LogP contribution in [0, 0.1) is 0 Å². The second-order valence-corrected chi connectivity index (χ2v) is 10.3. The number of fused-ring (bicyclic) bond motifs is 1. The molecule has 0 unspecified atom stereocenters. The van der Waals surface area contributed by atoms with E-state index in [0.717, 1.165) is 48.3 Å². The Kier molecular flexibility index (Phi) is 6.49. The number of thiophene rings is 1. The van der Waals surface area contributed by atoms with E-state index in [1.54, 1.807) is 18.1 Å². The lowest BCUT2D eigenvalue weighted by Gasteiger charge is -2.17. The van der Waals surface area contributed by atoms with Gasteiger partial charge in [-0.3, -0.25) is 4.52 Å². The second kappa shape index (κ2) is 10.3. The number of hydrogen-bond donors (Lipinski definition) is 2. The molecule has 0 spiro atoms. The molecule has 4 N–H and O–H groups in total. The van der Waals surface area contributed by atoms with Crippen molar-refractivity contribution in [2.45, 2.75) is 19.3 Å². The van der Waals surface area contributed by atoms with Crippen molar-refractivity contribution < 1.29 is 19.2 Å². The minimum absolute atomic E-state index is 0.117. The summed E-state index contributed by atoms with van der Waals surface area (Å²) in [6.07, 6.45) is 4.99. The fourth-order valence-electron chi connectivity index (χ4n) is 4.75. The van der Waals surface area contributed by atoms with Crippen LogP contribution in [0.25, 0.3) is 32.6 Å².